The molecular weight excluding hydrogens is 354 g/mol. The summed E-state index contributed by atoms with van der Waals surface area (Å²) in [5, 5.41) is 4.50. The fourth-order valence-corrected chi connectivity index (χ4v) is 3.49. The summed E-state index contributed by atoms with van der Waals surface area (Å²) in [7, 11) is 0. The zero-order chi connectivity index (χ0) is 19.5. The van der Waals surface area contributed by atoms with Crippen molar-refractivity contribution in [1.29, 1.82) is 0 Å². The maximum atomic E-state index is 5.10. The van der Waals surface area contributed by atoms with E-state index in [1.54, 1.807) is 0 Å². The normalized spacial score (nSPS) is 10.8. The van der Waals surface area contributed by atoms with Crippen molar-refractivity contribution in [2.75, 3.05) is 0 Å². The van der Waals surface area contributed by atoms with Crippen LogP contribution in [0.2, 0.25) is 0 Å². The quantitative estimate of drug-likeness (QED) is 0.346. The Labute approximate surface area is 169 Å². The molecule has 138 valence electrons. The molecule has 3 heteroatoms. The van der Waals surface area contributed by atoms with Crippen LogP contribution >= 0.6 is 0 Å². The molecule has 0 amide bonds. The first-order valence-electron chi connectivity index (χ1n) is 9.61. The number of pyridine rings is 1. The van der Waals surface area contributed by atoms with Gasteiger partial charge in [-0.05, 0) is 29.3 Å². The van der Waals surface area contributed by atoms with Gasteiger partial charge in [0.2, 0.25) is 0 Å². The second-order valence-electron chi connectivity index (χ2n) is 6.83. The van der Waals surface area contributed by atoms with E-state index in [4.69, 9.17) is 4.99 Å². The lowest BCUT2D eigenvalue weighted by molar-refractivity contribution is 0.958. The molecule has 0 fully saturated rings. The highest BCUT2D eigenvalue weighted by Gasteiger charge is 2.11. The van der Waals surface area contributed by atoms with Crippen LogP contribution < -0.4 is 0 Å². The van der Waals surface area contributed by atoms with Crippen LogP contribution in [0.3, 0.4) is 0 Å². The standard InChI is InChI=1S/C26H19N3/c1-4-10-20(11-5-1)23-18-24-16-17-27-29(24)25(19-23)28-26(21-12-6-2-7-13-21)22-14-8-3-9-15-22/h1-19H. The zero-order valence-electron chi connectivity index (χ0n) is 15.8. The van der Waals surface area contributed by atoms with Crippen LogP contribution in [0.1, 0.15) is 11.1 Å². The van der Waals surface area contributed by atoms with Gasteiger partial charge in [-0.25, -0.2) is 9.51 Å². The van der Waals surface area contributed by atoms with Crippen LogP contribution in [0.4, 0.5) is 5.82 Å². The van der Waals surface area contributed by atoms with E-state index >= 15 is 0 Å². The minimum Gasteiger partial charge on any atom is -0.228 e. The zero-order valence-corrected chi connectivity index (χ0v) is 15.8. The number of nitrogens with zero attached hydrogens (tertiary/aromatic N) is 3. The molecule has 0 atom stereocenters. The largest absolute Gasteiger partial charge is 0.228 e. The molecule has 0 aliphatic rings. The van der Waals surface area contributed by atoms with Gasteiger partial charge in [-0.3, -0.25) is 0 Å². The number of aliphatic imine (C=N–C) groups is 1. The van der Waals surface area contributed by atoms with Gasteiger partial charge in [0.15, 0.2) is 5.82 Å². The summed E-state index contributed by atoms with van der Waals surface area (Å²) in [5.41, 5.74) is 6.37. The van der Waals surface area contributed by atoms with Crippen LogP contribution in [0.25, 0.3) is 16.6 Å². The highest BCUT2D eigenvalue weighted by Crippen LogP contribution is 2.27. The van der Waals surface area contributed by atoms with Crippen molar-refractivity contribution >= 4 is 17.0 Å². The number of fused-ring (bicyclic) bond motifs is 1. The molecule has 0 saturated heterocycles. The van der Waals surface area contributed by atoms with E-state index < -0.39 is 0 Å². The van der Waals surface area contributed by atoms with Gasteiger partial charge in [-0.2, -0.15) is 5.10 Å². The number of benzene rings is 3. The molecule has 0 N–H and O–H groups in total. The minimum absolute atomic E-state index is 0.800. The fraction of sp³-hybridized carbons (Fsp3) is 0. The van der Waals surface area contributed by atoms with Crippen molar-refractivity contribution in [3.05, 3.63) is 127 Å². The Morgan fingerprint density at radius 1 is 0.621 bits per heavy atom. The molecule has 29 heavy (non-hydrogen) atoms. The molecule has 0 aliphatic heterocycles. The number of hydrogen-bond acceptors (Lipinski definition) is 2. The highest BCUT2D eigenvalue weighted by molar-refractivity contribution is 6.13. The van der Waals surface area contributed by atoms with Gasteiger partial charge in [0.1, 0.15) is 0 Å². The topological polar surface area (TPSA) is 29.7 Å². The molecule has 3 aromatic carbocycles. The van der Waals surface area contributed by atoms with Crippen LogP contribution in [-0.4, -0.2) is 15.3 Å². The Bertz CT molecular complexity index is 1230. The first-order chi connectivity index (χ1) is 14.4. The molecule has 0 unspecified atom stereocenters. The predicted molar refractivity (Wildman–Crippen MR) is 119 cm³/mol. The molecule has 2 aromatic heterocycles. The van der Waals surface area contributed by atoms with E-state index in [-0.39, 0.29) is 0 Å². The minimum atomic E-state index is 0.800. The maximum Gasteiger partial charge on any atom is 0.155 e. The molecule has 2 heterocycles. The van der Waals surface area contributed by atoms with Crippen molar-refractivity contribution in [2.45, 2.75) is 0 Å². The van der Waals surface area contributed by atoms with Crippen LogP contribution in [0.5, 0.6) is 0 Å². The first-order valence-corrected chi connectivity index (χ1v) is 9.61. The Morgan fingerprint density at radius 3 is 1.83 bits per heavy atom. The second-order valence-corrected chi connectivity index (χ2v) is 6.83. The molecule has 0 spiro atoms. The smallest absolute Gasteiger partial charge is 0.155 e. The number of rotatable bonds is 4. The van der Waals surface area contributed by atoms with E-state index in [1.807, 2.05) is 59.2 Å². The van der Waals surface area contributed by atoms with Crippen molar-refractivity contribution in [3.8, 4) is 11.1 Å². The van der Waals surface area contributed by atoms with Gasteiger partial charge in [-0.15, -0.1) is 0 Å². The molecular formula is C26H19N3. The fourth-order valence-electron chi connectivity index (χ4n) is 3.49. The SMILES string of the molecule is c1ccc(C(=Nc2cc(-c3ccccc3)cc3ccnn23)c2ccccc2)cc1. The lowest BCUT2D eigenvalue weighted by Gasteiger charge is -2.10. The molecule has 0 aliphatic carbocycles. The van der Waals surface area contributed by atoms with Crippen LogP contribution in [0, 0.1) is 0 Å². The van der Waals surface area contributed by atoms with Gasteiger partial charge in [-0.1, -0.05) is 91.0 Å². The van der Waals surface area contributed by atoms with E-state index in [9.17, 15) is 0 Å². The average molecular weight is 373 g/mol. The predicted octanol–water partition coefficient (Wildman–Crippen LogP) is 6.17. The number of hydrogen-bond donors (Lipinski definition) is 0. The van der Waals surface area contributed by atoms with Crippen molar-refractivity contribution in [3.63, 3.8) is 0 Å². The third-order valence-electron chi connectivity index (χ3n) is 4.90. The summed E-state index contributed by atoms with van der Waals surface area (Å²) in [6.45, 7) is 0. The monoisotopic (exact) mass is 373 g/mol. The maximum absolute atomic E-state index is 5.10. The third-order valence-corrected chi connectivity index (χ3v) is 4.90. The molecule has 5 rings (SSSR count). The molecule has 0 saturated carbocycles. The molecule has 3 nitrogen and oxygen atoms in total. The highest BCUT2D eigenvalue weighted by atomic mass is 15.3. The van der Waals surface area contributed by atoms with Gasteiger partial charge < -0.3 is 0 Å². The van der Waals surface area contributed by atoms with E-state index in [1.165, 1.54) is 0 Å². The summed E-state index contributed by atoms with van der Waals surface area (Å²) in [4.78, 5) is 5.10. The van der Waals surface area contributed by atoms with Crippen molar-refractivity contribution in [2.24, 2.45) is 4.99 Å². The molecule has 5 aromatic rings. The Kier molecular flexibility index (Phi) is 4.47. The third kappa shape index (κ3) is 3.46. The Hall–Kier alpha value is -3.98. The van der Waals surface area contributed by atoms with E-state index in [0.29, 0.717) is 0 Å². The number of aromatic nitrogens is 2. The molecule has 0 radical (unpaired) electrons. The second kappa shape index (κ2) is 7.56. The summed E-state index contributed by atoms with van der Waals surface area (Å²) in [5.74, 6) is 0.800. The Balaban J connectivity index is 1.74. The van der Waals surface area contributed by atoms with E-state index in [2.05, 4.69) is 65.8 Å². The van der Waals surface area contributed by atoms with Crippen LogP contribution in [0.15, 0.2) is 120 Å². The van der Waals surface area contributed by atoms with Gasteiger partial charge in [0, 0.05) is 11.1 Å². The summed E-state index contributed by atoms with van der Waals surface area (Å²) in [6, 6.07) is 37.2. The average Bonchev–Trinajstić information content (AvgIpc) is 3.28. The lowest BCUT2D eigenvalue weighted by atomic mass is 10.0. The summed E-state index contributed by atoms with van der Waals surface area (Å²) in [6.07, 6.45) is 1.81. The van der Waals surface area contributed by atoms with Crippen molar-refractivity contribution in [1.82, 2.24) is 9.61 Å². The first kappa shape index (κ1) is 17.1. The van der Waals surface area contributed by atoms with E-state index in [0.717, 1.165) is 39.3 Å². The Morgan fingerprint density at radius 2 is 1.21 bits per heavy atom. The lowest BCUT2D eigenvalue weighted by Crippen LogP contribution is -2.03. The van der Waals surface area contributed by atoms with Crippen LogP contribution in [-0.2, 0) is 0 Å². The van der Waals surface area contributed by atoms with Gasteiger partial charge in [0.25, 0.3) is 0 Å². The van der Waals surface area contributed by atoms with Gasteiger partial charge >= 0.3 is 0 Å². The molecule has 0 bridgehead atoms. The van der Waals surface area contributed by atoms with Gasteiger partial charge in [0.05, 0.1) is 17.4 Å². The summed E-state index contributed by atoms with van der Waals surface area (Å²) < 4.78 is 1.89. The van der Waals surface area contributed by atoms with Crippen molar-refractivity contribution < 1.29 is 0 Å². The summed E-state index contributed by atoms with van der Waals surface area (Å²) >= 11 is 0.